The van der Waals surface area contributed by atoms with Gasteiger partial charge in [0.15, 0.2) is 5.79 Å². The van der Waals surface area contributed by atoms with E-state index in [2.05, 4.69) is 34.6 Å². The van der Waals surface area contributed by atoms with Crippen molar-refractivity contribution in [1.82, 2.24) is 20.0 Å². The number of nitro groups is 1. The van der Waals surface area contributed by atoms with Crippen molar-refractivity contribution in [2.45, 2.75) is 51.1 Å². The fraction of sp³-hybridized carbons (Fsp3) is 0.545. The molecule has 0 radical (unpaired) electrons. The molecule has 2 aliphatic rings. The highest BCUT2D eigenvalue weighted by molar-refractivity contribution is 5.88. The Labute approximate surface area is 192 Å². The first-order valence-electron chi connectivity index (χ1n) is 11.2. The minimum atomic E-state index is -1.11. The molecule has 4 rings (SSSR count). The first-order chi connectivity index (χ1) is 15.6. The van der Waals surface area contributed by atoms with Gasteiger partial charge in [0.25, 0.3) is 5.69 Å². The van der Waals surface area contributed by atoms with Gasteiger partial charge in [0.05, 0.1) is 17.7 Å². The molecular formula is C22H31FN8O2. The summed E-state index contributed by atoms with van der Waals surface area (Å²) in [5.41, 5.74) is 8.42. The fourth-order valence-electron chi connectivity index (χ4n) is 4.46. The number of hydrogen-bond donors (Lipinski definition) is 3. The van der Waals surface area contributed by atoms with Crippen LogP contribution in [-0.4, -0.2) is 57.7 Å². The highest BCUT2D eigenvalue weighted by atomic mass is 19.1. The number of nitrogens with zero attached hydrogens (tertiary/aromatic N) is 5. The van der Waals surface area contributed by atoms with Gasteiger partial charge in [0.2, 0.25) is 5.96 Å². The fourth-order valence-corrected chi connectivity index (χ4v) is 4.46. The van der Waals surface area contributed by atoms with Crippen molar-refractivity contribution in [1.29, 1.82) is 0 Å². The number of likely N-dealkylation sites (tertiary alicyclic amines) is 1. The van der Waals surface area contributed by atoms with Crippen molar-refractivity contribution in [3.63, 3.8) is 0 Å². The van der Waals surface area contributed by atoms with Gasteiger partial charge in [-0.05, 0) is 37.4 Å². The van der Waals surface area contributed by atoms with E-state index >= 15 is 0 Å². The van der Waals surface area contributed by atoms with Crippen LogP contribution in [0.2, 0.25) is 0 Å². The molecule has 3 heterocycles. The van der Waals surface area contributed by atoms with E-state index in [0.29, 0.717) is 24.5 Å². The zero-order valence-corrected chi connectivity index (χ0v) is 19.2. The van der Waals surface area contributed by atoms with Crippen LogP contribution < -0.4 is 16.4 Å². The van der Waals surface area contributed by atoms with Crippen LogP contribution >= 0.6 is 0 Å². The van der Waals surface area contributed by atoms with E-state index in [1.165, 1.54) is 12.1 Å². The number of anilines is 1. The van der Waals surface area contributed by atoms with Crippen molar-refractivity contribution in [2.24, 2.45) is 16.6 Å². The topological polar surface area (TPSA) is 127 Å². The second-order valence-electron chi connectivity index (χ2n) is 9.33. The third-order valence-electron chi connectivity index (χ3n) is 6.29. The van der Waals surface area contributed by atoms with Crippen molar-refractivity contribution in [3.05, 3.63) is 51.7 Å². The Morgan fingerprint density at radius 1 is 1.42 bits per heavy atom. The summed E-state index contributed by atoms with van der Waals surface area (Å²) in [4.78, 5) is 17.3. The van der Waals surface area contributed by atoms with Crippen molar-refractivity contribution >= 4 is 17.5 Å². The summed E-state index contributed by atoms with van der Waals surface area (Å²) in [6.45, 7) is 5.55. The number of hydrogen-bond acceptors (Lipinski definition) is 7. The van der Waals surface area contributed by atoms with Gasteiger partial charge in [-0.3, -0.25) is 15.8 Å². The van der Waals surface area contributed by atoms with E-state index in [4.69, 9.17) is 5.73 Å². The third-order valence-corrected chi connectivity index (χ3v) is 6.29. The molecule has 2 aliphatic heterocycles. The van der Waals surface area contributed by atoms with Crippen molar-refractivity contribution in [2.75, 3.05) is 25.5 Å². The number of fused-ring (bicyclic) bond motifs is 1. The maximum atomic E-state index is 14.8. The predicted molar refractivity (Wildman–Crippen MR) is 125 cm³/mol. The van der Waals surface area contributed by atoms with Crippen LogP contribution in [0.25, 0.3) is 0 Å². The average molecular weight is 459 g/mol. The normalized spacial score (nSPS) is 26.7. The van der Waals surface area contributed by atoms with Crippen LogP contribution in [0, 0.1) is 16.0 Å². The molecule has 3 atom stereocenters. The molecule has 4 N–H and O–H groups in total. The molecule has 33 heavy (non-hydrogen) atoms. The molecule has 0 amide bonds. The molecule has 1 unspecified atom stereocenters. The number of nitrogens with one attached hydrogen (secondary N) is 2. The monoisotopic (exact) mass is 458 g/mol. The number of nitro benzene ring substituents is 1. The zero-order chi connectivity index (χ0) is 23.8. The summed E-state index contributed by atoms with van der Waals surface area (Å²) >= 11 is 0. The van der Waals surface area contributed by atoms with Gasteiger partial charge in [0, 0.05) is 30.7 Å². The number of aromatic nitrogens is 2. The van der Waals surface area contributed by atoms with E-state index in [1.807, 2.05) is 11.9 Å². The Morgan fingerprint density at radius 3 is 2.91 bits per heavy atom. The van der Waals surface area contributed by atoms with Gasteiger partial charge < -0.3 is 15.5 Å². The molecule has 178 valence electrons. The number of benzene rings is 1. The highest BCUT2D eigenvalue weighted by Gasteiger charge is 2.40. The van der Waals surface area contributed by atoms with Crippen molar-refractivity contribution < 1.29 is 9.31 Å². The smallest absolute Gasteiger partial charge is 0.269 e. The van der Waals surface area contributed by atoms with Gasteiger partial charge in [0.1, 0.15) is 12.0 Å². The van der Waals surface area contributed by atoms with E-state index in [9.17, 15) is 14.5 Å². The number of aliphatic imine (C=N–C) groups is 1. The van der Waals surface area contributed by atoms with Gasteiger partial charge in [-0.15, -0.1) is 0 Å². The lowest BCUT2D eigenvalue weighted by atomic mass is 9.88. The quantitative estimate of drug-likeness (QED) is 0.449. The van der Waals surface area contributed by atoms with Crippen LogP contribution in [0.3, 0.4) is 0 Å². The molecule has 11 heteroatoms. The van der Waals surface area contributed by atoms with Gasteiger partial charge in [-0.25, -0.2) is 9.38 Å². The largest absolute Gasteiger partial charge is 0.335 e. The van der Waals surface area contributed by atoms with Gasteiger partial charge in [-0.1, -0.05) is 26.0 Å². The van der Waals surface area contributed by atoms with Crippen LogP contribution in [0.1, 0.15) is 43.7 Å². The Morgan fingerprint density at radius 2 is 2.21 bits per heavy atom. The molecule has 0 aliphatic carbocycles. The number of rotatable bonds is 6. The maximum Gasteiger partial charge on any atom is 0.269 e. The number of alkyl halides is 1. The first kappa shape index (κ1) is 23.1. The van der Waals surface area contributed by atoms with Crippen LogP contribution in [-0.2, 0) is 6.54 Å². The summed E-state index contributed by atoms with van der Waals surface area (Å²) in [5.74, 6) is 0.0481. The van der Waals surface area contributed by atoms with Gasteiger partial charge in [-0.2, -0.15) is 9.78 Å². The molecule has 1 aromatic carbocycles. The number of piperidine rings is 1. The Kier molecular flexibility index (Phi) is 6.35. The lowest BCUT2D eigenvalue weighted by Crippen LogP contribution is -2.67. The lowest BCUT2D eigenvalue weighted by Gasteiger charge is -2.42. The second kappa shape index (κ2) is 9.06. The summed E-state index contributed by atoms with van der Waals surface area (Å²) in [6.07, 6.45) is 1.91. The average Bonchev–Trinajstić information content (AvgIpc) is 3.18. The third kappa shape index (κ3) is 4.98. The molecule has 1 aromatic heterocycles. The van der Waals surface area contributed by atoms with E-state index in [-0.39, 0.29) is 24.1 Å². The molecule has 0 bridgehead atoms. The van der Waals surface area contributed by atoms with Crippen LogP contribution in [0.4, 0.5) is 15.9 Å². The molecule has 0 saturated carbocycles. The molecule has 1 saturated heterocycles. The summed E-state index contributed by atoms with van der Waals surface area (Å²) < 4.78 is 16.4. The second-order valence-corrected chi connectivity index (χ2v) is 9.33. The maximum absolute atomic E-state index is 14.8. The minimum Gasteiger partial charge on any atom is -0.335 e. The van der Waals surface area contributed by atoms with E-state index in [0.717, 1.165) is 24.3 Å². The highest BCUT2D eigenvalue weighted by Crippen LogP contribution is 2.32. The molecule has 1 fully saturated rings. The Hall–Kier alpha value is -3.05. The molecule has 0 spiro atoms. The van der Waals surface area contributed by atoms with Crippen LogP contribution in [0.15, 0.2) is 35.5 Å². The SMILES string of the molecule is CC(C)c1cnn2c1NC(N)(C[C@H]1CCN(C)C[C@@H]1F)NC2=NCc1cccc([N+](=O)[O-])c1. The summed E-state index contributed by atoms with van der Waals surface area (Å²) in [6, 6.07) is 6.36. The Balaban J connectivity index is 1.63. The first-order valence-corrected chi connectivity index (χ1v) is 11.2. The molecular weight excluding hydrogens is 427 g/mol. The predicted octanol–water partition coefficient (Wildman–Crippen LogP) is 2.63. The number of halogens is 1. The van der Waals surface area contributed by atoms with Crippen molar-refractivity contribution in [3.8, 4) is 0 Å². The number of nitrogens with two attached hydrogens (primary N) is 1. The Bertz CT molecular complexity index is 1050. The van der Waals surface area contributed by atoms with E-state index in [1.54, 1.807) is 23.0 Å². The summed E-state index contributed by atoms with van der Waals surface area (Å²) in [5, 5.41) is 22.1. The van der Waals surface area contributed by atoms with E-state index < -0.39 is 16.9 Å². The minimum absolute atomic E-state index is 0.0114. The van der Waals surface area contributed by atoms with Gasteiger partial charge >= 0.3 is 0 Å². The summed E-state index contributed by atoms with van der Waals surface area (Å²) in [7, 11) is 1.92. The molecule has 2 aromatic rings. The number of non-ortho nitro benzene ring substituents is 1. The van der Waals surface area contributed by atoms with Crippen LogP contribution in [0.5, 0.6) is 0 Å². The standard InChI is InChI=1S/C22H31FN8O2/c1-14(2)18-12-26-30-20(18)27-22(24,10-16-7-8-29(3)13-19(16)23)28-21(30)25-11-15-5-4-6-17(9-15)31(32)33/h4-6,9,12,14,16,19,27H,7-8,10-11,13,24H2,1-3H3,(H,25,28)/t16-,19+,22?/m1/s1. The zero-order valence-electron chi connectivity index (χ0n) is 19.2. The lowest BCUT2D eigenvalue weighted by molar-refractivity contribution is -0.384. The molecule has 10 nitrogen and oxygen atoms in total.